The maximum atomic E-state index is 11.3. The Labute approximate surface area is 199 Å². The van der Waals surface area contributed by atoms with Crippen molar-refractivity contribution in [3.63, 3.8) is 0 Å². The van der Waals surface area contributed by atoms with Gasteiger partial charge in [-0.25, -0.2) is 4.79 Å². The van der Waals surface area contributed by atoms with Crippen molar-refractivity contribution < 1.29 is 20.1 Å². The molecule has 33 heavy (non-hydrogen) atoms. The van der Waals surface area contributed by atoms with Crippen LogP contribution < -0.4 is 0 Å². The van der Waals surface area contributed by atoms with E-state index in [1.165, 1.54) is 5.57 Å². The highest BCUT2D eigenvalue weighted by Crippen LogP contribution is 2.48. The van der Waals surface area contributed by atoms with E-state index in [2.05, 4.69) is 26.0 Å². The molecule has 0 bridgehead atoms. The fourth-order valence-electron chi connectivity index (χ4n) is 5.94. The minimum absolute atomic E-state index is 0.146. The standard InChI is InChI=1S/C29H42O4/c1-3-9-20(2)16-24(30)14-15-26-27-18-21(17-23(27)19-28(26)31)10-5-4-6-11-22-12-7-8-13-25(22)29(32)33/h7-8,12-15,17,20,23-24,26-28,30-31H,3-6,9-11,16,18-19H2,1-2H3,(H,32,33)/b15-14+/t20?,23-,24+,26-,27-,28+/m0/s1. The number of hydrogen-bond donors (Lipinski definition) is 3. The summed E-state index contributed by atoms with van der Waals surface area (Å²) in [6.45, 7) is 4.37. The van der Waals surface area contributed by atoms with Crippen LogP contribution in [0.25, 0.3) is 0 Å². The van der Waals surface area contributed by atoms with Gasteiger partial charge >= 0.3 is 5.97 Å². The Morgan fingerprint density at radius 3 is 2.70 bits per heavy atom. The van der Waals surface area contributed by atoms with Crippen LogP contribution in [0.1, 0.15) is 87.6 Å². The second-order valence-electron chi connectivity index (χ2n) is 10.3. The average molecular weight is 455 g/mol. The van der Waals surface area contributed by atoms with Crippen LogP contribution >= 0.6 is 0 Å². The second kappa shape index (κ2) is 12.5. The largest absolute Gasteiger partial charge is 0.478 e. The number of benzene rings is 1. The van der Waals surface area contributed by atoms with Crippen molar-refractivity contribution in [2.24, 2.45) is 23.7 Å². The number of carbonyl (C=O) groups is 1. The number of aliphatic hydroxyl groups excluding tert-OH is 2. The summed E-state index contributed by atoms with van der Waals surface area (Å²) in [5, 5.41) is 30.3. The normalized spacial score (nSPS) is 26.4. The molecule has 0 heterocycles. The monoisotopic (exact) mass is 454 g/mol. The van der Waals surface area contributed by atoms with Crippen molar-refractivity contribution in [2.75, 3.05) is 0 Å². The lowest BCUT2D eigenvalue weighted by Gasteiger charge is -2.19. The Hall–Kier alpha value is -1.91. The molecule has 0 spiro atoms. The van der Waals surface area contributed by atoms with Crippen LogP contribution in [-0.2, 0) is 6.42 Å². The lowest BCUT2D eigenvalue weighted by Crippen LogP contribution is -2.18. The third-order valence-electron chi connectivity index (χ3n) is 7.62. The molecule has 4 heteroatoms. The molecule has 3 rings (SSSR count). The topological polar surface area (TPSA) is 77.8 Å². The van der Waals surface area contributed by atoms with Crippen LogP contribution in [-0.4, -0.2) is 33.5 Å². The van der Waals surface area contributed by atoms with E-state index in [1.54, 1.807) is 12.1 Å². The van der Waals surface area contributed by atoms with Crippen LogP contribution in [0, 0.1) is 23.7 Å². The molecule has 0 saturated heterocycles. The number of carboxylic acids is 1. The molecular formula is C29H42O4. The van der Waals surface area contributed by atoms with Crippen LogP contribution in [0.5, 0.6) is 0 Å². The van der Waals surface area contributed by atoms with E-state index in [0.29, 0.717) is 23.3 Å². The Morgan fingerprint density at radius 1 is 1.18 bits per heavy atom. The minimum atomic E-state index is -0.845. The van der Waals surface area contributed by atoms with Gasteiger partial charge in [-0.3, -0.25) is 0 Å². The zero-order valence-electron chi connectivity index (χ0n) is 20.3. The maximum absolute atomic E-state index is 11.3. The average Bonchev–Trinajstić information content (AvgIpc) is 3.28. The molecule has 4 nitrogen and oxygen atoms in total. The summed E-state index contributed by atoms with van der Waals surface area (Å²) in [7, 11) is 0. The molecule has 0 amide bonds. The summed E-state index contributed by atoms with van der Waals surface area (Å²) < 4.78 is 0. The van der Waals surface area contributed by atoms with Gasteiger partial charge in [-0.05, 0) is 74.3 Å². The summed E-state index contributed by atoms with van der Waals surface area (Å²) in [5.41, 5.74) is 2.86. The number of unbranched alkanes of at least 4 members (excludes halogenated alkanes) is 2. The second-order valence-corrected chi connectivity index (χ2v) is 10.3. The van der Waals surface area contributed by atoms with E-state index < -0.39 is 12.1 Å². The van der Waals surface area contributed by atoms with Crippen LogP contribution in [0.3, 0.4) is 0 Å². The summed E-state index contributed by atoms with van der Waals surface area (Å²) in [6.07, 6.45) is 15.8. The number of allylic oxidation sites excluding steroid dienone is 2. The molecule has 2 aliphatic carbocycles. The Morgan fingerprint density at radius 2 is 1.94 bits per heavy atom. The van der Waals surface area contributed by atoms with Gasteiger partial charge in [0.1, 0.15) is 0 Å². The molecule has 0 radical (unpaired) electrons. The Kier molecular flexibility index (Phi) is 9.76. The highest BCUT2D eigenvalue weighted by molar-refractivity contribution is 5.89. The molecule has 1 aromatic carbocycles. The molecule has 2 aliphatic rings. The first kappa shape index (κ1) is 25.7. The first-order valence-corrected chi connectivity index (χ1v) is 12.9. The maximum Gasteiger partial charge on any atom is 0.335 e. The fraction of sp³-hybridized carbons (Fsp3) is 0.621. The molecule has 1 unspecified atom stereocenters. The molecule has 1 saturated carbocycles. The zero-order valence-corrected chi connectivity index (χ0v) is 20.3. The molecule has 0 aliphatic heterocycles. The van der Waals surface area contributed by atoms with Gasteiger partial charge in [0.25, 0.3) is 0 Å². The van der Waals surface area contributed by atoms with Crippen molar-refractivity contribution in [2.45, 2.75) is 90.3 Å². The highest BCUT2D eigenvalue weighted by Gasteiger charge is 2.43. The molecule has 0 aromatic heterocycles. The van der Waals surface area contributed by atoms with Gasteiger partial charge in [-0.2, -0.15) is 0 Å². The lowest BCUT2D eigenvalue weighted by molar-refractivity contribution is 0.0695. The molecule has 1 fully saturated rings. The van der Waals surface area contributed by atoms with Gasteiger partial charge in [-0.15, -0.1) is 0 Å². The number of aromatic carboxylic acids is 1. The van der Waals surface area contributed by atoms with Gasteiger partial charge in [0.2, 0.25) is 0 Å². The summed E-state index contributed by atoms with van der Waals surface area (Å²) in [6, 6.07) is 7.30. The SMILES string of the molecule is CCCC(C)C[C@H](O)/C=C/[C@H]1[C@H]2CC(CCCCCc3ccccc3C(=O)O)=C[C@H]2C[C@H]1O. The van der Waals surface area contributed by atoms with E-state index in [4.69, 9.17) is 0 Å². The molecule has 182 valence electrons. The number of aryl methyl sites for hydroxylation is 1. The van der Waals surface area contributed by atoms with E-state index >= 15 is 0 Å². The van der Waals surface area contributed by atoms with E-state index in [9.17, 15) is 20.1 Å². The zero-order chi connectivity index (χ0) is 23.8. The van der Waals surface area contributed by atoms with Gasteiger partial charge in [0.05, 0.1) is 17.8 Å². The summed E-state index contributed by atoms with van der Waals surface area (Å²) >= 11 is 0. The predicted molar refractivity (Wildman–Crippen MR) is 133 cm³/mol. The van der Waals surface area contributed by atoms with Crippen molar-refractivity contribution in [1.29, 1.82) is 0 Å². The van der Waals surface area contributed by atoms with Crippen LogP contribution in [0.4, 0.5) is 0 Å². The van der Waals surface area contributed by atoms with Crippen molar-refractivity contribution in [1.82, 2.24) is 0 Å². The number of aliphatic hydroxyl groups is 2. The first-order chi connectivity index (χ1) is 15.9. The Balaban J connectivity index is 1.41. The number of hydrogen-bond acceptors (Lipinski definition) is 3. The van der Waals surface area contributed by atoms with E-state index in [0.717, 1.165) is 69.8 Å². The molecular weight excluding hydrogens is 412 g/mol. The predicted octanol–water partition coefficient (Wildman–Crippen LogP) is 6.17. The van der Waals surface area contributed by atoms with Gasteiger partial charge in [0.15, 0.2) is 0 Å². The third-order valence-corrected chi connectivity index (χ3v) is 7.62. The van der Waals surface area contributed by atoms with Gasteiger partial charge < -0.3 is 15.3 Å². The number of rotatable bonds is 13. The van der Waals surface area contributed by atoms with Crippen LogP contribution in [0.2, 0.25) is 0 Å². The lowest BCUT2D eigenvalue weighted by atomic mass is 9.88. The smallest absolute Gasteiger partial charge is 0.335 e. The summed E-state index contributed by atoms with van der Waals surface area (Å²) in [4.78, 5) is 11.3. The van der Waals surface area contributed by atoms with Crippen molar-refractivity contribution in [3.8, 4) is 0 Å². The Bertz CT molecular complexity index is 827. The van der Waals surface area contributed by atoms with Gasteiger partial charge in [0, 0.05) is 5.92 Å². The minimum Gasteiger partial charge on any atom is -0.478 e. The van der Waals surface area contributed by atoms with Crippen molar-refractivity contribution >= 4 is 5.97 Å². The highest BCUT2D eigenvalue weighted by atomic mass is 16.4. The summed E-state index contributed by atoms with van der Waals surface area (Å²) in [5.74, 6) is 0.750. The molecule has 6 atom stereocenters. The molecule has 1 aromatic rings. The number of fused-ring (bicyclic) bond motifs is 1. The fourth-order valence-corrected chi connectivity index (χ4v) is 5.94. The van der Waals surface area contributed by atoms with Gasteiger partial charge in [-0.1, -0.05) is 75.1 Å². The quantitative estimate of drug-likeness (QED) is 0.246. The van der Waals surface area contributed by atoms with Crippen molar-refractivity contribution in [3.05, 3.63) is 59.2 Å². The van der Waals surface area contributed by atoms with E-state index in [-0.39, 0.29) is 12.0 Å². The first-order valence-electron chi connectivity index (χ1n) is 12.9. The van der Waals surface area contributed by atoms with Crippen LogP contribution in [0.15, 0.2) is 48.1 Å². The third kappa shape index (κ3) is 7.28. The van der Waals surface area contributed by atoms with E-state index in [1.807, 2.05) is 18.2 Å². The number of carboxylic acid groups (broad SMARTS) is 1. The molecule has 3 N–H and O–H groups in total.